The molecule has 1 aliphatic heterocycles. The number of hydrogen-bond donors (Lipinski definition) is 1. The molecule has 1 N–H and O–H groups in total. The number of esters is 1. The van der Waals surface area contributed by atoms with E-state index in [0.29, 0.717) is 17.9 Å². The second-order valence-electron chi connectivity index (χ2n) is 5.21. The molecule has 1 aliphatic rings. The summed E-state index contributed by atoms with van der Waals surface area (Å²) in [6.45, 7) is 3.87. The van der Waals surface area contributed by atoms with Gasteiger partial charge in [-0.1, -0.05) is 18.2 Å². The number of hydrogen-bond acceptors (Lipinski definition) is 4. The molecular weight excluding hydrogens is 296 g/mol. The van der Waals surface area contributed by atoms with Crippen molar-refractivity contribution in [2.45, 2.75) is 20.3 Å². The van der Waals surface area contributed by atoms with Gasteiger partial charge in [0.25, 0.3) is 0 Å². The second kappa shape index (κ2) is 7.09. The number of allylic oxidation sites excluding steroid dienone is 1. The van der Waals surface area contributed by atoms with E-state index >= 15 is 0 Å². The van der Waals surface area contributed by atoms with Gasteiger partial charge in [0.2, 0.25) is 11.8 Å². The Bertz CT molecular complexity index is 652. The van der Waals surface area contributed by atoms with Crippen LogP contribution in [0.15, 0.2) is 41.6 Å². The maximum Gasteiger partial charge on any atom is 0.336 e. The van der Waals surface area contributed by atoms with Crippen LogP contribution in [-0.4, -0.2) is 31.4 Å². The van der Waals surface area contributed by atoms with E-state index in [9.17, 15) is 14.4 Å². The van der Waals surface area contributed by atoms with Gasteiger partial charge in [0, 0.05) is 24.4 Å². The Hall–Kier alpha value is -2.63. The van der Waals surface area contributed by atoms with Crippen molar-refractivity contribution in [3.63, 3.8) is 0 Å². The number of nitrogens with zero attached hydrogens (tertiary/aromatic N) is 1. The van der Waals surface area contributed by atoms with Gasteiger partial charge in [0.1, 0.15) is 0 Å². The van der Waals surface area contributed by atoms with Gasteiger partial charge < -0.3 is 10.1 Å². The lowest BCUT2D eigenvalue weighted by Crippen LogP contribution is -2.44. The third-order valence-electron chi connectivity index (χ3n) is 3.79. The Labute approximate surface area is 135 Å². The summed E-state index contributed by atoms with van der Waals surface area (Å²) in [5.74, 6) is -1.98. The smallest absolute Gasteiger partial charge is 0.336 e. The van der Waals surface area contributed by atoms with Crippen LogP contribution in [0.3, 0.4) is 0 Å². The standard InChI is InChI=1S/C17H20N2O4/c1-4-18-16(21)13-10-14(20)19(12-8-6-5-7-9-12)11(2)15(13)17(22)23-3/h5-9,13H,4,10H2,1-3H3,(H,18,21)/t13-/m0/s1. The largest absolute Gasteiger partial charge is 0.466 e. The van der Waals surface area contributed by atoms with Gasteiger partial charge in [-0.15, -0.1) is 0 Å². The number of benzene rings is 1. The van der Waals surface area contributed by atoms with Gasteiger partial charge in [0.05, 0.1) is 18.6 Å². The summed E-state index contributed by atoms with van der Waals surface area (Å²) in [6, 6.07) is 9.02. The molecule has 6 nitrogen and oxygen atoms in total. The quantitative estimate of drug-likeness (QED) is 0.857. The van der Waals surface area contributed by atoms with Crippen LogP contribution in [0.4, 0.5) is 5.69 Å². The van der Waals surface area contributed by atoms with Crippen LogP contribution in [0.5, 0.6) is 0 Å². The topological polar surface area (TPSA) is 75.7 Å². The van der Waals surface area contributed by atoms with Gasteiger partial charge in [0.15, 0.2) is 0 Å². The molecule has 1 atom stereocenters. The first-order valence-electron chi connectivity index (χ1n) is 7.46. The molecule has 2 amide bonds. The Kier molecular flexibility index (Phi) is 5.16. The summed E-state index contributed by atoms with van der Waals surface area (Å²) in [5, 5.41) is 2.67. The van der Waals surface area contributed by atoms with Crippen molar-refractivity contribution in [3.8, 4) is 0 Å². The van der Waals surface area contributed by atoms with Crippen LogP contribution in [0.1, 0.15) is 20.3 Å². The monoisotopic (exact) mass is 316 g/mol. The molecular formula is C17H20N2O4. The van der Waals surface area contributed by atoms with Crippen molar-refractivity contribution in [1.82, 2.24) is 5.32 Å². The number of anilines is 1. The Morgan fingerprint density at radius 2 is 1.96 bits per heavy atom. The fourth-order valence-corrected chi connectivity index (χ4v) is 2.76. The molecule has 1 aromatic carbocycles. The van der Waals surface area contributed by atoms with Crippen LogP contribution in [0, 0.1) is 5.92 Å². The molecule has 0 fully saturated rings. The number of methoxy groups -OCH3 is 1. The fraction of sp³-hybridized carbons (Fsp3) is 0.353. The SMILES string of the molecule is CCNC(=O)[C@H]1CC(=O)N(c2ccccc2)C(C)=C1C(=O)OC. The number of para-hydroxylation sites is 1. The second-order valence-corrected chi connectivity index (χ2v) is 5.21. The molecule has 122 valence electrons. The van der Waals surface area contributed by atoms with Crippen molar-refractivity contribution < 1.29 is 19.1 Å². The third kappa shape index (κ3) is 3.26. The van der Waals surface area contributed by atoms with E-state index in [-0.39, 0.29) is 23.8 Å². The van der Waals surface area contributed by atoms with E-state index < -0.39 is 11.9 Å². The van der Waals surface area contributed by atoms with Gasteiger partial charge in [-0.25, -0.2) is 4.79 Å². The lowest BCUT2D eigenvalue weighted by atomic mass is 9.88. The highest BCUT2D eigenvalue weighted by Gasteiger charge is 2.40. The first-order valence-corrected chi connectivity index (χ1v) is 7.46. The molecule has 0 radical (unpaired) electrons. The average molecular weight is 316 g/mol. The highest BCUT2D eigenvalue weighted by molar-refractivity contribution is 6.08. The lowest BCUT2D eigenvalue weighted by Gasteiger charge is -2.33. The summed E-state index contributed by atoms with van der Waals surface area (Å²) in [6.07, 6.45) is -0.0670. The minimum Gasteiger partial charge on any atom is -0.466 e. The number of rotatable bonds is 4. The minimum absolute atomic E-state index is 0.0670. The van der Waals surface area contributed by atoms with E-state index in [1.807, 2.05) is 18.2 Å². The number of carbonyl (C=O) groups is 3. The zero-order valence-electron chi connectivity index (χ0n) is 13.5. The molecule has 0 saturated carbocycles. The predicted octanol–water partition coefficient (Wildman–Crippen LogP) is 1.62. The number of carbonyl (C=O) groups excluding carboxylic acids is 3. The maximum atomic E-state index is 12.5. The molecule has 6 heteroatoms. The van der Waals surface area contributed by atoms with E-state index in [2.05, 4.69) is 5.32 Å². The Morgan fingerprint density at radius 3 is 2.52 bits per heavy atom. The fourth-order valence-electron chi connectivity index (χ4n) is 2.76. The third-order valence-corrected chi connectivity index (χ3v) is 3.79. The molecule has 0 bridgehead atoms. The zero-order valence-corrected chi connectivity index (χ0v) is 13.5. The van der Waals surface area contributed by atoms with Crippen molar-refractivity contribution in [2.75, 3.05) is 18.6 Å². The van der Waals surface area contributed by atoms with Crippen LogP contribution < -0.4 is 10.2 Å². The Morgan fingerprint density at radius 1 is 1.30 bits per heavy atom. The zero-order chi connectivity index (χ0) is 17.0. The maximum absolute atomic E-state index is 12.5. The van der Waals surface area contributed by atoms with Crippen molar-refractivity contribution in [3.05, 3.63) is 41.6 Å². The van der Waals surface area contributed by atoms with Gasteiger partial charge in [-0.05, 0) is 26.0 Å². The number of amides is 2. The van der Waals surface area contributed by atoms with Crippen molar-refractivity contribution in [2.24, 2.45) is 5.92 Å². The van der Waals surface area contributed by atoms with E-state index in [0.717, 1.165) is 0 Å². The van der Waals surface area contributed by atoms with E-state index in [1.165, 1.54) is 12.0 Å². The molecule has 0 aromatic heterocycles. The average Bonchev–Trinajstić information content (AvgIpc) is 2.55. The van der Waals surface area contributed by atoms with Crippen LogP contribution >= 0.6 is 0 Å². The summed E-state index contributed by atoms with van der Waals surface area (Å²) < 4.78 is 4.82. The normalized spacial score (nSPS) is 18.0. The molecule has 2 rings (SSSR count). The van der Waals surface area contributed by atoms with Crippen molar-refractivity contribution >= 4 is 23.5 Å². The van der Waals surface area contributed by atoms with Crippen LogP contribution in [0.25, 0.3) is 0 Å². The van der Waals surface area contributed by atoms with Gasteiger partial charge in [-0.2, -0.15) is 0 Å². The predicted molar refractivity (Wildman–Crippen MR) is 85.4 cm³/mol. The molecule has 0 aliphatic carbocycles. The lowest BCUT2D eigenvalue weighted by molar-refractivity contribution is -0.139. The van der Waals surface area contributed by atoms with E-state index in [4.69, 9.17) is 4.74 Å². The summed E-state index contributed by atoms with van der Waals surface area (Å²) in [7, 11) is 1.26. The Balaban J connectivity index is 2.52. The molecule has 1 aromatic rings. The summed E-state index contributed by atoms with van der Waals surface area (Å²) >= 11 is 0. The van der Waals surface area contributed by atoms with Crippen LogP contribution in [-0.2, 0) is 19.1 Å². The first kappa shape index (κ1) is 16.7. The highest BCUT2D eigenvalue weighted by atomic mass is 16.5. The van der Waals surface area contributed by atoms with Crippen LogP contribution in [0.2, 0.25) is 0 Å². The van der Waals surface area contributed by atoms with Gasteiger partial charge in [-0.3, -0.25) is 14.5 Å². The van der Waals surface area contributed by atoms with E-state index in [1.54, 1.807) is 26.0 Å². The van der Waals surface area contributed by atoms with Gasteiger partial charge >= 0.3 is 5.97 Å². The summed E-state index contributed by atoms with van der Waals surface area (Å²) in [5.41, 5.74) is 1.31. The van der Waals surface area contributed by atoms with Crippen molar-refractivity contribution in [1.29, 1.82) is 0 Å². The summed E-state index contributed by atoms with van der Waals surface area (Å²) in [4.78, 5) is 38.4. The molecule has 1 heterocycles. The highest BCUT2D eigenvalue weighted by Crippen LogP contribution is 2.33. The molecule has 0 spiro atoms. The first-order chi connectivity index (χ1) is 11.0. The number of nitrogens with one attached hydrogen (secondary N) is 1. The molecule has 0 unspecified atom stereocenters. The minimum atomic E-state index is -0.824. The molecule has 0 saturated heterocycles. The molecule has 23 heavy (non-hydrogen) atoms. The number of ether oxygens (including phenoxy) is 1.